The maximum Gasteiger partial charge on any atom is 0.131 e. The molecule has 1 aliphatic rings. The normalized spacial score (nSPS) is 17.5. The molecule has 1 N–H and O–H groups in total. The molecule has 1 fully saturated rings. The van der Waals surface area contributed by atoms with Gasteiger partial charge in [-0.3, -0.25) is 4.90 Å². The first-order chi connectivity index (χ1) is 11.6. The zero-order valence-electron chi connectivity index (χ0n) is 14.3. The van der Waals surface area contributed by atoms with E-state index in [1.54, 1.807) is 6.07 Å². The molecule has 0 bridgehead atoms. The van der Waals surface area contributed by atoms with Crippen LogP contribution in [-0.2, 0) is 0 Å². The van der Waals surface area contributed by atoms with E-state index in [2.05, 4.69) is 42.3 Å². The number of nitrogens with zero attached hydrogens (tertiary/aromatic N) is 1. The van der Waals surface area contributed by atoms with Gasteiger partial charge < -0.3 is 5.32 Å². The molecule has 2 aromatic rings. The third-order valence-electron chi connectivity index (χ3n) is 4.72. The van der Waals surface area contributed by atoms with Crippen LogP contribution < -0.4 is 5.32 Å². The standard InChI is InChI=1S/C20H24F2N2/c1-14-4-6-17(15(2)12-14)20(24-10-3-8-23-9-11-24)18-7-5-16(21)13-19(18)22/h4-7,12-13,20,23H,3,8-11H2,1-2H3. The van der Waals surface area contributed by atoms with E-state index in [0.717, 1.165) is 49.8 Å². The van der Waals surface area contributed by atoms with Gasteiger partial charge in [-0.25, -0.2) is 8.78 Å². The second kappa shape index (κ2) is 7.41. The van der Waals surface area contributed by atoms with Crippen LogP contribution in [0.4, 0.5) is 8.78 Å². The van der Waals surface area contributed by atoms with Crippen LogP contribution in [0.2, 0.25) is 0 Å². The molecule has 0 spiro atoms. The number of rotatable bonds is 3. The van der Waals surface area contributed by atoms with E-state index in [0.29, 0.717) is 5.56 Å². The summed E-state index contributed by atoms with van der Waals surface area (Å²) in [6.07, 6.45) is 1.02. The number of benzene rings is 2. The predicted octanol–water partition coefficient (Wildman–Crippen LogP) is 3.97. The van der Waals surface area contributed by atoms with Crippen LogP contribution in [0.5, 0.6) is 0 Å². The molecule has 1 saturated heterocycles. The SMILES string of the molecule is Cc1ccc(C(c2ccc(F)cc2F)N2CCCNCC2)c(C)c1. The maximum absolute atomic E-state index is 14.6. The fraction of sp³-hybridized carbons (Fsp3) is 0.400. The molecular weight excluding hydrogens is 306 g/mol. The molecule has 0 radical (unpaired) electrons. The highest BCUT2D eigenvalue weighted by Gasteiger charge is 2.27. The summed E-state index contributed by atoms with van der Waals surface area (Å²) in [5.74, 6) is -1.01. The molecule has 4 heteroatoms. The average molecular weight is 330 g/mol. The van der Waals surface area contributed by atoms with Crippen molar-refractivity contribution in [3.05, 3.63) is 70.3 Å². The van der Waals surface area contributed by atoms with Gasteiger partial charge in [-0.15, -0.1) is 0 Å². The van der Waals surface area contributed by atoms with E-state index in [-0.39, 0.29) is 6.04 Å². The lowest BCUT2D eigenvalue weighted by Gasteiger charge is -2.32. The van der Waals surface area contributed by atoms with Gasteiger partial charge in [0.05, 0.1) is 6.04 Å². The molecular formula is C20H24F2N2. The fourth-order valence-corrected chi connectivity index (χ4v) is 3.54. The van der Waals surface area contributed by atoms with Crippen LogP contribution >= 0.6 is 0 Å². The number of hydrogen-bond donors (Lipinski definition) is 1. The second-order valence-electron chi connectivity index (χ2n) is 6.57. The van der Waals surface area contributed by atoms with Gasteiger partial charge in [0, 0.05) is 31.3 Å². The van der Waals surface area contributed by atoms with E-state index in [1.165, 1.54) is 11.6 Å². The van der Waals surface area contributed by atoms with E-state index in [1.807, 2.05) is 0 Å². The van der Waals surface area contributed by atoms with E-state index >= 15 is 0 Å². The zero-order valence-corrected chi connectivity index (χ0v) is 14.3. The molecule has 3 rings (SSSR count). The minimum atomic E-state index is -0.534. The summed E-state index contributed by atoms with van der Waals surface area (Å²) in [5, 5.41) is 3.39. The first kappa shape index (κ1) is 17.1. The molecule has 2 aromatic carbocycles. The molecule has 1 aliphatic heterocycles. The van der Waals surface area contributed by atoms with Gasteiger partial charge >= 0.3 is 0 Å². The quantitative estimate of drug-likeness (QED) is 0.916. The molecule has 128 valence electrons. The Hall–Kier alpha value is -1.78. The summed E-state index contributed by atoms with van der Waals surface area (Å²) in [5.41, 5.74) is 3.96. The molecule has 0 aliphatic carbocycles. The third kappa shape index (κ3) is 3.65. The Bertz CT molecular complexity index is 655. The van der Waals surface area contributed by atoms with Crippen LogP contribution in [0.1, 0.15) is 34.7 Å². The lowest BCUT2D eigenvalue weighted by atomic mass is 9.92. The largest absolute Gasteiger partial charge is 0.315 e. The second-order valence-corrected chi connectivity index (χ2v) is 6.57. The van der Waals surface area contributed by atoms with E-state index < -0.39 is 11.6 Å². The highest BCUT2D eigenvalue weighted by atomic mass is 19.1. The molecule has 1 unspecified atom stereocenters. The Balaban J connectivity index is 2.09. The number of nitrogens with one attached hydrogen (secondary N) is 1. The summed E-state index contributed by atoms with van der Waals surface area (Å²) in [6.45, 7) is 7.70. The zero-order chi connectivity index (χ0) is 17.1. The van der Waals surface area contributed by atoms with Gasteiger partial charge in [0.25, 0.3) is 0 Å². The van der Waals surface area contributed by atoms with Crippen molar-refractivity contribution in [3.63, 3.8) is 0 Å². The van der Waals surface area contributed by atoms with Crippen molar-refractivity contribution in [2.45, 2.75) is 26.3 Å². The molecule has 0 saturated carbocycles. The van der Waals surface area contributed by atoms with Crippen molar-refractivity contribution in [1.82, 2.24) is 10.2 Å². The maximum atomic E-state index is 14.6. The van der Waals surface area contributed by atoms with Crippen molar-refractivity contribution in [3.8, 4) is 0 Å². The summed E-state index contributed by atoms with van der Waals surface area (Å²) in [7, 11) is 0. The van der Waals surface area contributed by atoms with Crippen LogP contribution in [0.15, 0.2) is 36.4 Å². The van der Waals surface area contributed by atoms with Gasteiger partial charge in [-0.05, 0) is 44.0 Å². The van der Waals surface area contributed by atoms with Crippen LogP contribution in [0.3, 0.4) is 0 Å². The number of halogens is 2. The van der Waals surface area contributed by atoms with Crippen molar-refractivity contribution >= 4 is 0 Å². The summed E-state index contributed by atoms with van der Waals surface area (Å²) in [4.78, 5) is 2.30. The van der Waals surface area contributed by atoms with Crippen LogP contribution in [0, 0.1) is 25.5 Å². The Labute approximate surface area is 142 Å². The van der Waals surface area contributed by atoms with Gasteiger partial charge in [-0.1, -0.05) is 29.8 Å². The van der Waals surface area contributed by atoms with Crippen LogP contribution in [-0.4, -0.2) is 31.1 Å². The number of aryl methyl sites for hydroxylation is 2. The monoisotopic (exact) mass is 330 g/mol. The molecule has 0 amide bonds. The lowest BCUT2D eigenvalue weighted by molar-refractivity contribution is 0.236. The Kier molecular flexibility index (Phi) is 5.27. The highest BCUT2D eigenvalue weighted by Crippen LogP contribution is 2.33. The molecule has 0 aromatic heterocycles. The van der Waals surface area contributed by atoms with Gasteiger partial charge in [-0.2, -0.15) is 0 Å². The van der Waals surface area contributed by atoms with Crippen molar-refractivity contribution in [2.75, 3.05) is 26.2 Å². The highest BCUT2D eigenvalue weighted by molar-refractivity contribution is 5.39. The van der Waals surface area contributed by atoms with Gasteiger partial charge in [0.2, 0.25) is 0 Å². The third-order valence-corrected chi connectivity index (χ3v) is 4.72. The molecule has 1 heterocycles. The van der Waals surface area contributed by atoms with Gasteiger partial charge in [0.1, 0.15) is 11.6 Å². The molecule has 24 heavy (non-hydrogen) atoms. The minimum absolute atomic E-state index is 0.189. The Morgan fingerprint density at radius 2 is 1.75 bits per heavy atom. The Morgan fingerprint density at radius 3 is 2.50 bits per heavy atom. The molecule has 1 atom stereocenters. The predicted molar refractivity (Wildman–Crippen MR) is 93.2 cm³/mol. The summed E-state index contributed by atoms with van der Waals surface area (Å²) >= 11 is 0. The topological polar surface area (TPSA) is 15.3 Å². The first-order valence-electron chi connectivity index (χ1n) is 8.53. The van der Waals surface area contributed by atoms with E-state index in [9.17, 15) is 8.78 Å². The average Bonchev–Trinajstić information content (AvgIpc) is 2.80. The fourth-order valence-electron chi connectivity index (χ4n) is 3.54. The number of hydrogen-bond acceptors (Lipinski definition) is 2. The molecule has 2 nitrogen and oxygen atoms in total. The van der Waals surface area contributed by atoms with Crippen LogP contribution in [0.25, 0.3) is 0 Å². The smallest absolute Gasteiger partial charge is 0.131 e. The minimum Gasteiger partial charge on any atom is -0.315 e. The van der Waals surface area contributed by atoms with Crippen molar-refractivity contribution < 1.29 is 8.78 Å². The van der Waals surface area contributed by atoms with Crippen molar-refractivity contribution in [2.24, 2.45) is 0 Å². The lowest BCUT2D eigenvalue weighted by Crippen LogP contribution is -2.34. The van der Waals surface area contributed by atoms with Crippen molar-refractivity contribution in [1.29, 1.82) is 0 Å². The summed E-state index contributed by atoms with van der Waals surface area (Å²) < 4.78 is 28.0. The summed E-state index contributed by atoms with van der Waals surface area (Å²) in [6, 6.07) is 10.0. The first-order valence-corrected chi connectivity index (χ1v) is 8.53. The Morgan fingerprint density at radius 1 is 0.958 bits per heavy atom. The van der Waals surface area contributed by atoms with E-state index in [4.69, 9.17) is 0 Å². The van der Waals surface area contributed by atoms with Gasteiger partial charge in [0.15, 0.2) is 0 Å².